The summed E-state index contributed by atoms with van der Waals surface area (Å²) in [5.41, 5.74) is 8.14. The molecule has 0 bridgehead atoms. The number of hydrogen-bond acceptors (Lipinski definition) is 5. The van der Waals surface area contributed by atoms with Gasteiger partial charge in [0.2, 0.25) is 5.91 Å². The van der Waals surface area contributed by atoms with Crippen LogP contribution in [0.3, 0.4) is 0 Å². The van der Waals surface area contributed by atoms with E-state index in [9.17, 15) is 14.0 Å². The van der Waals surface area contributed by atoms with Gasteiger partial charge in [-0.15, -0.1) is 0 Å². The van der Waals surface area contributed by atoms with E-state index in [4.69, 9.17) is 28.9 Å². The maximum absolute atomic E-state index is 14.8. The van der Waals surface area contributed by atoms with E-state index >= 15 is 0 Å². The number of benzene rings is 2. The smallest absolute Gasteiger partial charge is 0.258 e. The SMILES string of the molecule is CC1c2c(Cl)cc(Cl)cc2CCN1C(=O)CNc1cc2nc(C[C@@H](N)C3CC3)[nH]c(=O)c2cc1F. The number of nitrogens with two attached hydrogens (primary N) is 1. The van der Waals surface area contributed by atoms with Crippen LogP contribution in [0.1, 0.15) is 42.8 Å². The number of hydrogen-bond donors (Lipinski definition) is 3. The summed E-state index contributed by atoms with van der Waals surface area (Å²) >= 11 is 12.5. The van der Waals surface area contributed by atoms with Crippen molar-refractivity contribution in [1.29, 1.82) is 0 Å². The average molecular weight is 518 g/mol. The lowest BCUT2D eigenvalue weighted by Gasteiger charge is -2.36. The van der Waals surface area contributed by atoms with Crippen LogP contribution < -0.4 is 16.6 Å². The summed E-state index contributed by atoms with van der Waals surface area (Å²) in [5.74, 6) is 0.121. The molecule has 2 aliphatic rings. The Bertz CT molecular complexity index is 1370. The molecule has 1 amide bonds. The number of aromatic nitrogens is 2. The topological polar surface area (TPSA) is 104 Å². The summed E-state index contributed by atoms with van der Waals surface area (Å²) < 4.78 is 14.8. The molecule has 7 nitrogen and oxygen atoms in total. The second-order valence-electron chi connectivity index (χ2n) is 9.39. The van der Waals surface area contributed by atoms with Gasteiger partial charge in [-0.05, 0) is 67.5 Å². The molecular weight excluding hydrogens is 492 g/mol. The third kappa shape index (κ3) is 4.87. The van der Waals surface area contributed by atoms with Crippen LogP contribution in [0.25, 0.3) is 10.9 Å². The van der Waals surface area contributed by atoms with Gasteiger partial charge in [0.05, 0.1) is 29.2 Å². The van der Waals surface area contributed by atoms with Gasteiger partial charge in [-0.2, -0.15) is 0 Å². The van der Waals surface area contributed by atoms with Crippen molar-refractivity contribution in [1.82, 2.24) is 14.9 Å². The molecule has 2 aromatic carbocycles. The summed E-state index contributed by atoms with van der Waals surface area (Å²) in [6.45, 7) is 2.30. The molecule has 1 aromatic heterocycles. The number of nitrogens with one attached hydrogen (secondary N) is 2. The van der Waals surface area contributed by atoms with Crippen LogP contribution in [-0.2, 0) is 17.6 Å². The van der Waals surface area contributed by atoms with Gasteiger partial charge >= 0.3 is 0 Å². The molecule has 0 radical (unpaired) electrons. The monoisotopic (exact) mass is 517 g/mol. The van der Waals surface area contributed by atoms with Gasteiger partial charge in [-0.1, -0.05) is 23.2 Å². The second-order valence-corrected chi connectivity index (χ2v) is 10.2. The lowest BCUT2D eigenvalue weighted by Crippen LogP contribution is -2.42. The fourth-order valence-corrected chi connectivity index (χ4v) is 5.56. The molecule has 5 rings (SSSR count). The molecule has 184 valence electrons. The number of aromatic amines is 1. The zero-order valence-electron chi connectivity index (χ0n) is 19.2. The Morgan fingerprint density at radius 2 is 2.09 bits per heavy atom. The Morgan fingerprint density at radius 3 is 2.83 bits per heavy atom. The van der Waals surface area contributed by atoms with Crippen molar-refractivity contribution in [2.75, 3.05) is 18.4 Å². The highest BCUT2D eigenvalue weighted by molar-refractivity contribution is 6.35. The van der Waals surface area contributed by atoms with E-state index in [1.165, 1.54) is 6.07 Å². The fourth-order valence-electron chi connectivity index (χ4n) is 4.87. The molecule has 2 atom stereocenters. The van der Waals surface area contributed by atoms with Crippen molar-refractivity contribution < 1.29 is 9.18 Å². The first-order chi connectivity index (χ1) is 16.7. The van der Waals surface area contributed by atoms with Crippen molar-refractivity contribution in [3.8, 4) is 0 Å². The largest absolute Gasteiger partial charge is 0.374 e. The van der Waals surface area contributed by atoms with E-state index in [0.29, 0.717) is 46.7 Å². The van der Waals surface area contributed by atoms with Gasteiger partial charge in [-0.3, -0.25) is 9.59 Å². The number of carbonyl (C=O) groups excluding carboxylic acids is 1. The molecule has 1 aliphatic heterocycles. The molecule has 0 spiro atoms. The van der Waals surface area contributed by atoms with Gasteiger partial charge in [0.25, 0.3) is 5.56 Å². The zero-order valence-corrected chi connectivity index (χ0v) is 20.7. The number of rotatable bonds is 6. The van der Waals surface area contributed by atoms with E-state index in [-0.39, 0.29) is 35.6 Å². The van der Waals surface area contributed by atoms with Crippen molar-refractivity contribution in [2.24, 2.45) is 11.7 Å². The van der Waals surface area contributed by atoms with Crippen LogP contribution in [-0.4, -0.2) is 39.9 Å². The molecular formula is C25H26Cl2FN5O2. The van der Waals surface area contributed by atoms with Crippen LogP contribution in [0.5, 0.6) is 0 Å². The molecule has 2 heterocycles. The predicted molar refractivity (Wildman–Crippen MR) is 136 cm³/mol. The van der Waals surface area contributed by atoms with E-state index in [1.807, 2.05) is 13.0 Å². The van der Waals surface area contributed by atoms with Crippen LogP contribution in [0.15, 0.2) is 29.1 Å². The van der Waals surface area contributed by atoms with E-state index in [2.05, 4.69) is 15.3 Å². The van der Waals surface area contributed by atoms with E-state index < -0.39 is 11.4 Å². The average Bonchev–Trinajstić information content (AvgIpc) is 3.63. The highest BCUT2D eigenvalue weighted by Crippen LogP contribution is 2.37. The summed E-state index contributed by atoms with van der Waals surface area (Å²) in [6, 6.07) is 5.86. The molecule has 4 N–H and O–H groups in total. The number of H-pyrrole nitrogens is 1. The Morgan fingerprint density at radius 1 is 1.31 bits per heavy atom. The van der Waals surface area contributed by atoms with Crippen LogP contribution in [0, 0.1) is 11.7 Å². The van der Waals surface area contributed by atoms with Crippen LogP contribution in [0.2, 0.25) is 10.0 Å². The highest BCUT2D eigenvalue weighted by atomic mass is 35.5. The Labute approximate surface area is 211 Å². The van der Waals surface area contributed by atoms with Crippen molar-refractivity contribution >= 4 is 45.7 Å². The van der Waals surface area contributed by atoms with Crippen molar-refractivity contribution in [2.45, 2.75) is 44.7 Å². The number of halogens is 3. The molecule has 1 saturated carbocycles. The third-order valence-corrected chi connectivity index (χ3v) is 7.47. The summed E-state index contributed by atoms with van der Waals surface area (Å²) in [6.07, 6.45) is 3.27. The number of anilines is 1. The molecule has 0 saturated heterocycles. The first-order valence-electron chi connectivity index (χ1n) is 11.7. The standard InChI is InChI=1S/C25H26Cl2FN5O2/c1-12-24-14(6-15(26)7-17(24)27)4-5-33(12)23(34)11-30-21-10-20-16(8-18(21)28)25(35)32-22(31-20)9-19(29)13-2-3-13/h6-8,10,12-13,19,30H,2-5,9,11,29H2,1H3,(H,31,32,35)/t12?,19-/m1/s1. The van der Waals surface area contributed by atoms with Crippen molar-refractivity contribution in [3.05, 3.63) is 67.4 Å². The molecule has 3 aromatic rings. The molecule has 10 heteroatoms. The normalized spacial score (nSPS) is 18.4. The maximum Gasteiger partial charge on any atom is 0.258 e. The third-order valence-electron chi connectivity index (χ3n) is 6.94. The highest BCUT2D eigenvalue weighted by Gasteiger charge is 2.30. The minimum Gasteiger partial charge on any atom is -0.374 e. The molecule has 1 unspecified atom stereocenters. The van der Waals surface area contributed by atoms with Crippen molar-refractivity contribution in [3.63, 3.8) is 0 Å². The number of carbonyl (C=O) groups is 1. The summed E-state index contributed by atoms with van der Waals surface area (Å²) in [7, 11) is 0. The Kier molecular flexibility index (Phi) is 6.46. The lowest BCUT2D eigenvalue weighted by molar-refractivity contribution is -0.131. The quantitative estimate of drug-likeness (QED) is 0.454. The van der Waals surface area contributed by atoms with E-state index in [1.54, 1.807) is 11.0 Å². The fraction of sp³-hybridized carbons (Fsp3) is 0.400. The number of fused-ring (bicyclic) bond motifs is 2. The first-order valence-corrected chi connectivity index (χ1v) is 12.5. The summed E-state index contributed by atoms with van der Waals surface area (Å²) in [5, 5.41) is 4.13. The summed E-state index contributed by atoms with van der Waals surface area (Å²) in [4.78, 5) is 34.4. The van der Waals surface area contributed by atoms with Gasteiger partial charge in [0, 0.05) is 29.1 Å². The first kappa shape index (κ1) is 24.0. The lowest BCUT2D eigenvalue weighted by atomic mass is 9.93. The molecule has 1 aliphatic carbocycles. The van der Waals surface area contributed by atoms with Crippen LogP contribution in [0.4, 0.5) is 10.1 Å². The minimum atomic E-state index is -0.630. The van der Waals surface area contributed by atoms with Gasteiger partial charge < -0.3 is 20.9 Å². The molecule has 1 fully saturated rings. The maximum atomic E-state index is 14.8. The van der Waals surface area contributed by atoms with Gasteiger partial charge in [-0.25, -0.2) is 9.37 Å². The van der Waals surface area contributed by atoms with Gasteiger partial charge in [0.15, 0.2) is 0 Å². The Hall–Kier alpha value is -2.68. The molecule has 35 heavy (non-hydrogen) atoms. The van der Waals surface area contributed by atoms with Crippen LogP contribution >= 0.6 is 23.2 Å². The minimum absolute atomic E-state index is 0.0625. The van der Waals surface area contributed by atoms with E-state index in [0.717, 1.165) is 30.0 Å². The second kappa shape index (κ2) is 9.41. The zero-order chi connectivity index (χ0) is 24.9. The number of amides is 1. The number of nitrogens with zero attached hydrogens (tertiary/aromatic N) is 2. The predicted octanol–water partition coefficient (Wildman–Crippen LogP) is 4.21. The Balaban J connectivity index is 1.33. The van der Waals surface area contributed by atoms with Gasteiger partial charge in [0.1, 0.15) is 11.6 Å².